The molecule has 9 heteroatoms. The van der Waals surface area contributed by atoms with Crippen LogP contribution in [0, 0.1) is 0 Å². The van der Waals surface area contributed by atoms with Gasteiger partial charge in [0.25, 0.3) is 0 Å². The number of methoxy groups -OCH3 is 1. The number of ether oxygens (including phenoxy) is 1. The summed E-state index contributed by atoms with van der Waals surface area (Å²) in [5.74, 6) is 0.0178. The van der Waals surface area contributed by atoms with E-state index in [-0.39, 0.29) is 42.7 Å². The van der Waals surface area contributed by atoms with Crippen LogP contribution in [0.2, 0.25) is 0 Å². The Labute approximate surface area is 167 Å². The van der Waals surface area contributed by atoms with Crippen molar-refractivity contribution in [1.82, 2.24) is 9.80 Å². The summed E-state index contributed by atoms with van der Waals surface area (Å²) in [6, 6.07) is 9.39. The fraction of sp³-hybridized carbons (Fsp3) is 0.529. The first-order chi connectivity index (χ1) is 11.6. The number of halogens is 2. The number of benzene rings is 1. The van der Waals surface area contributed by atoms with E-state index in [9.17, 15) is 9.59 Å². The fourth-order valence-corrected chi connectivity index (χ4v) is 2.67. The van der Waals surface area contributed by atoms with Gasteiger partial charge in [0.05, 0.1) is 19.1 Å². The van der Waals surface area contributed by atoms with Gasteiger partial charge in [-0.05, 0) is 12.1 Å². The van der Waals surface area contributed by atoms with Crippen LogP contribution in [0.1, 0.15) is 6.42 Å². The van der Waals surface area contributed by atoms with Gasteiger partial charge < -0.3 is 20.7 Å². The number of nitrogens with one attached hydrogen (secondary N) is 1. The van der Waals surface area contributed by atoms with Gasteiger partial charge in [-0.2, -0.15) is 0 Å². The molecule has 148 valence electrons. The maximum absolute atomic E-state index is 12.2. The van der Waals surface area contributed by atoms with Crippen LogP contribution in [-0.2, 0) is 14.3 Å². The fourth-order valence-electron chi connectivity index (χ4n) is 2.67. The lowest BCUT2D eigenvalue weighted by Crippen LogP contribution is -2.51. The van der Waals surface area contributed by atoms with Gasteiger partial charge in [0.2, 0.25) is 11.8 Å². The van der Waals surface area contributed by atoms with Crippen molar-refractivity contribution < 1.29 is 14.3 Å². The number of rotatable bonds is 7. The third kappa shape index (κ3) is 7.88. The highest BCUT2D eigenvalue weighted by atomic mass is 35.5. The molecule has 7 nitrogen and oxygen atoms in total. The topological polar surface area (TPSA) is 87.9 Å². The Bertz CT molecular complexity index is 536. The predicted octanol–water partition coefficient (Wildman–Crippen LogP) is 0.977. The molecule has 1 aromatic rings. The van der Waals surface area contributed by atoms with Crippen LogP contribution in [0.4, 0.5) is 5.69 Å². The van der Waals surface area contributed by atoms with E-state index in [2.05, 4.69) is 10.2 Å². The summed E-state index contributed by atoms with van der Waals surface area (Å²) in [6.45, 7) is 3.29. The minimum atomic E-state index is -0.229. The number of carbonyl (C=O) groups excluding carboxylic acids is 2. The molecule has 1 aliphatic rings. The lowest BCUT2D eigenvalue weighted by molar-refractivity contribution is -0.135. The monoisotopic (exact) mass is 406 g/mol. The lowest BCUT2D eigenvalue weighted by atomic mass is 10.2. The van der Waals surface area contributed by atoms with Crippen LogP contribution < -0.4 is 11.1 Å². The lowest BCUT2D eigenvalue weighted by Gasteiger charge is -2.34. The van der Waals surface area contributed by atoms with Gasteiger partial charge in [0.15, 0.2) is 0 Å². The first kappa shape index (κ1) is 24.6. The molecule has 2 rings (SSSR count). The molecule has 1 aliphatic heterocycles. The Morgan fingerprint density at radius 2 is 1.77 bits per heavy atom. The third-order valence-electron chi connectivity index (χ3n) is 4.15. The van der Waals surface area contributed by atoms with E-state index in [1.807, 2.05) is 35.2 Å². The van der Waals surface area contributed by atoms with Crippen molar-refractivity contribution >= 4 is 42.3 Å². The van der Waals surface area contributed by atoms with Crippen LogP contribution >= 0.6 is 24.8 Å². The zero-order valence-electron chi connectivity index (χ0n) is 14.9. The zero-order chi connectivity index (χ0) is 17.4. The first-order valence-electron chi connectivity index (χ1n) is 8.20. The van der Waals surface area contributed by atoms with Gasteiger partial charge >= 0.3 is 0 Å². The van der Waals surface area contributed by atoms with Crippen LogP contribution in [-0.4, -0.2) is 74.1 Å². The molecule has 0 aromatic heterocycles. The molecule has 0 bridgehead atoms. The second-order valence-corrected chi connectivity index (χ2v) is 5.87. The Morgan fingerprint density at radius 1 is 1.15 bits per heavy atom. The highest BCUT2D eigenvalue weighted by Crippen LogP contribution is 2.08. The summed E-state index contributed by atoms with van der Waals surface area (Å²) < 4.78 is 5.16. The smallest absolute Gasteiger partial charge is 0.238 e. The van der Waals surface area contributed by atoms with E-state index >= 15 is 0 Å². The number of nitrogens with zero attached hydrogens (tertiary/aromatic N) is 2. The molecule has 3 N–H and O–H groups in total. The molecule has 0 aliphatic carbocycles. The number of hydrogen-bond acceptors (Lipinski definition) is 5. The highest BCUT2D eigenvalue weighted by molar-refractivity contribution is 5.92. The third-order valence-corrected chi connectivity index (χ3v) is 4.15. The molecule has 2 amide bonds. The molecule has 1 aromatic carbocycles. The number of piperazine rings is 1. The Hall–Kier alpha value is -1.38. The second-order valence-electron chi connectivity index (χ2n) is 5.87. The normalized spacial score (nSPS) is 15.4. The van der Waals surface area contributed by atoms with Gasteiger partial charge in [-0.1, -0.05) is 18.2 Å². The summed E-state index contributed by atoms with van der Waals surface area (Å²) in [5.41, 5.74) is 6.35. The van der Waals surface area contributed by atoms with Crippen molar-refractivity contribution in [3.63, 3.8) is 0 Å². The minimum Gasteiger partial charge on any atom is -0.380 e. The quantitative estimate of drug-likeness (QED) is 0.704. The van der Waals surface area contributed by atoms with Crippen molar-refractivity contribution in [3.8, 4) is 0 Å². The van der Waals surface area contributed by atoms with E-state index in [1.54, 1.807) is 7.11 Å². The van der Waals surface area contributed by atoms with Crippen molar-refractivity contribution in [3.05, 3.63) is 30.3 Å². The Balaban J connectivity index is 0.00000312. The van der Waals surface area contributed by atoms with E-state index in [0.717, 1.165) is 5.69 Å². The predicted molar refractivity (Wildman–Crippen MR) is 107 cm³/mol. The van der Waals surface area contributed by atoms with E-state index < -0.39 is 0 Å². The SMILES string of the molecule is COC(CN)CC(=O)N1CCN(CC(=O)Nc2ccccc2)CC1.Cl.Cl. The molecule has 1 unspecified atom stereocenters. The van der Waals surface area contributed by atoms with E-state index in [0.29, 0.717) is 45.7 Å². The molecule has 0 saturated carbocycles. The molecule has 1 atom stereocenters. The molecule has 0 spiro atoms. The number of para-hydroxylation sites is 1. The van der Waals surface area contributed by atoms with Crippen LogP contribution in [0.15, 0.2) is 30.3 Å². The molecule has 1 saturated heterocycles. The van der Waals surface area contributed by atoms with E-state index in [1.165, 1.54) is 0 Å². The molecule has 0 radical (unpaired) electrons. The number of amides is 2. The average molecular weight is 407 g/mol. The highest BCUT2D eigenvalue weighted by Gasteiger charge is 2.24. The number of hydrogen-bond donors (Lipinski definition) is 2. The van der Waals surface area contributed by atoms with Gasteiger partial charge in [-0.15, -0.1) is 24.8 Å². The largest absolute Gasteiger partial charge is 0.380 e. The maximum Gasteiger partial charge on any atom is 0.238 e. The second kappa shape index (κ2) is 12.9. The molecule has 1 heterocycles. The van der Waals surface area contributed by atoms with Crippen LogP contribution in [0.3, 0.4) is 0 Å². The molecule has 1 fully saturated rings. The average Bonchev–Trinajstić information content (AvgIpc) is 2.60. The van der Waals surface area contributed by atoms with Crippen molar-refractivity contribution in [2.75, 3.05) is 51.7 Å². The van der Waals surface area contributed by atoms with Gasteiger partial charge in [0, 0.05) is 45.5 Å². The van der Waals surface area contributed by atoms with Crippen molar-refractivity contribution in [2.24, 2.45) is 5.73 Å². The van der Waals surface area contributed by atoms with E-state index in [4.69, 9.17) is 10.5 Å². The van der Waals surface area contributed by atoms with Gasteiger partial charge in [-0.25, -0.2) is 0 Å². The number of anilines is 1. The summed E-state index contributed by atoms with van der Waals surface area (Å²) in [7, 11) is 1.56. The van der Waals surface area contributed by atoms with Crippen LogP contribution in [0.25, 0.3) is 0 Å². The van der Waals surface area contributed by atoms with Crippen molar-refractivity contribution in [2.45, 2.75) is 12.5 Å². The summed E-state index contributed by atoms with van der Waals surface area (Å²) in [6.07, 6.45) is 0.0776. The van der Waals surface area contributed by atoms with Crippen molar-refractivity contribution in [1.29, 1.82) is 0 Å². The number of carbonyl (C=O) groups is 2. The zero-order valence-corrected chi connectivity index (χ0v) is 16.6. The standard InChI is InChI=1S/C17H26N4O3.2ClH/c1-24-15(12-18)11-17(23)21-9-7-20(8-10-21)13-16(22)19-14-5-3-2-4-6-14;;/h2-6,15H,7-13,18H2,1H3,(H,19,22);2*1H. The Kier molecular flexibility index (Phi) is 12.2. The molecular formula is C17H28Cl2N4O3. The minimum absolute atomic E-state index is 0. The van der Waals surface area contributed by atoms with Crippen LogP contribution in [0.5, 0.6) is 0 Å². The molecular weight excluding hydrogens is 379 g/mol. The summed E-state index contributed by atoms with van der Waals surface area (Å²) >= 11 is 0. The first-order valence-corrected chi connectivity index (χ1v) is 8.20. The summed E-state index contributed by atoms with van der Waals surface area (Å²) in [5, 5.41) is 2.87. The molecule has 26 heavy (non-hydrogen) atoms. The number of nitrogens with two attached hydrogens (primary N) is 1. The van der Waals surface area contributed by atoms with Gasteiger partial charge in [-0.3, -0.25) is 14.5 Å². The van der Waals surface area contributed by atoms with Gasteiger partial charge in [0.1, 0.15) is 0 Å². The Morgan fingerprint density at radius 3 is 2.31 bits per heavy atom. The summed E-state index contributed by atoms with van der Waals surface area (Å²) in [4.78, 5) is 28.1. The maximum atomic E-state index is 12.2.